The highest BCUT2D eigenvalue weighted by molar-refractivity contribution is 9.11. The monoisotopic (exact) mass is 488 g/mol. The van der Waals surface area contributed by atoms with Crippen LogP contribution in [0, 0.1) is 0 Å². The van der Waals surface area contributed by atoms with E-state index in [4.69, 9.17) is 5.73 Å². The zero-order chi connectivity index (χ0) is 16.1. The average Bonchev–Trinajstić information content (AvgIpc) is 2.49. The maximum absolute atomic E-state index is 6.02. The van der Waals surface area contributed by atoms with E-state index in [1.54, 1.807) is 0 Å². The predicted molar refractivity (Wildman–Crippen MR) is 104 cm³/mol. The zero-order valence-electron chi connectivity index (χ0n) is 11.9. The third-order valence-corrected chi connectivity index (χ3v) is 4.68. The van der Waals surface area contributed by atoms with Crippen molar-refractivity contribution in [2.75, 3.05) is 23.9 Å². The Balaban J connectivity index is 1.98. The van der Waals surface area contributed by atoms with Crippen molar-refractivity contribution >= 4 is 65.1 Å². The molecule has 0 aliphatic carbocycles. The second-order valence-corrected chi connectivity index (χ2v) is 7.20. The number of halogens is 3. The van der Waals surface area contributed by atoms with Crippen LogP contribution in [0.2, 0.25) is 0 Å². The van der Waals surface area contributed by atoms with E-state index in [9.17, 15) is 0 Å². The van der Waals surface area contributed by atoms with Crippen molar-refractivity contribution in [3.63, 3.8) is 0 Å². The van der Waals surface area contributed by atoms with Gasteiger partial charge in [0, 0.05) is 31.8 Å². The fourth-order valence-corrected chi connectivity index (χ4v) is 3.19. The van der Waals surface area contributed by atoms with E-state index < -0.39 is 0 Å². The maximum Gasteiger partial charge on any atom is 0.197 e. The number of hydrogen-bond acceptors (Lipinski definition) is 2. The maximum atomic E-state index is 6.02. The molecule has 0 fully saturated rings. The number of aliphatic imine (C=N–C) groups is 1. The lowest BCUT2D eigenvalue weighted by molar-refractivity contribution is 1.09. The number of hydrogen-bond donors (Lipinski definition) is 2. The van der Waals surface area contributed by atoms with Crippen LogP contribution in [-0.2, 0) is 0 Å². The predicted octanol–water partition coefficient (Wildman–Crippen LogP) is 4.79. The Labute approximate surface area is 155 Å². The van der Waals surface area contributed by atoms with Crippen LogP contribution in [0.1, 0.15) is 0 Å². The van der Waals surface area contributed by atoms with E-state index in [0.717, 1.165) is 24.8 Å². The second-order valence-electron chi connectivity index (χ2n) is 4.51. The first-order valence-electron chi connectivity index (χ1n) is 6.45. The summed E-state index contributed by atoms with van der Waals surface area (Å²) < 4.78 is 3.02. The van der Waals surface area contributed by atoms with Gasteiger partial charge in [-0.2, -0.15) is 0 Å². The van der Waals surface area contributed by atoms with Gasteiger partial charge in [0.05, 0.1) is 0 Å². The highest BCUT2D eigenvalue weighted by Crippen LogP contribution is 2.26. The van der Waals surface area contributed by atoms with Crippen molar-refractivity contribution in [2.24, 2.45) is 10.7 Å². The highest BCUT2D eigenvalue weighted by Gasteiger charge is 2.05. The molecule has 116 valence electrons. The molecule has 0 aliphatic rings. The first kappa shape index (κ1) is 17.3. The van der Waals surface area contributed by atoms with Crippen LogP contribution >= 0.6 is 47.8 Å². The average molecular weight is 491 g/mol. The zero-order valence-corrected chi connectivity index (χ0v) is 16.6. The van der Waals surface area contributed by atoms with E-state index in [1.165, 1.54) is 0 Å². The third-order valence-electron chi connectivity index (χ3n) is 3.00. The Bertz CT molecular complexity index is 671. The molecule has 0 aromatic heterocycles. The number of nitrogens with one attached hydrogen (secondary N) is 1. The second kappa shape index (κ2) is 7.99. The molecule has 0 aliphatic heterocycles. The molecule has 0 spiro atoms. The summed E-state index contributed by atoms with van der Waals surface area (Å²) in [6, 6.07) is 13.8. The number of benzene rings is 2. The lowest BCUT2D eigenvalue weighted by Crippen LogP contribution is -2.34. The van der Waals surface area contributed by atoms with Gasteiger partial charge in [-0.05, 0) is 58.4 Å². The Morgan fingerprint density at radius 1 is 1.09 bits per heavy atom. The lowest BCUT2D eigenvalue weighted by Gasteiger charge is -2.18. The molecule has 4 nitrogen and oxygen atoms in total. The van der Waals surface area contributed by atoms with Crippen molar-refractivity contribution in [1.29, 1.82) is 0 Å². The van der Waals surface area contributed by atoms with Gasteiger partial charge in [0.2, 0.25) is 0 Å². The lowest BCUT2D eigenvalue weighted by atomic mass is 10.3. The fraction of sp³-hybridized carbons (Fsp3) is 0.133. The number of anilines is 2. The molecular weight excluding hydrogens is 476 g/mol. The molecule has 0 unspecified atom stereocenters. The van der Waals surface area contributed by atoms with Gasteiger partial charge < -0.3 is 16.0 Å². The van der Waals surface area contributed by atoms with Gasteiger partial charge in [0.15, 0.2) is 5.96 Å². The Kier molecular flexibility index (Phi) is 6.28. The largest absolute Gasteiger partial charge is 0.369 e. The Hall–Kier alpha value is -1.05. The van der Waals surface area contributed by atoms with Crippen LogP contribution in [0.5, 0.6) is 0 Å². The molecule has 7 heteroatoms. The minimum absolute atomic E-state index is 0.396. The van der Waals surface area contributed by atoms with Crippen LogP contribution in [-0.4, -0.2) is 19.7 Å². The van der Waals surface area contributed by atoms with Gasteiger partial charge in [-0.1, -0.05) is 31.9 Å². The summed E-state index contributed by atoms with van der Waals surface area (Å²) in [7, 11) is 1.89. The van der Waals surface area contributed by atoms with Gasteiger partial charge in [-0.3, -0.25) is 0 Å². The summed E-state index contributed by atoms with van der Waals surface area (Å²) in [5.41, 5.74) is 7.96. The molecule has 0 atom stereocenters. The van der Waals surface area contributed by atoms with Crippen LogP contribution in [0.4, 0.5) is 11.4 Å². The number of rotatable bonds is 4. The van der Waals surface area contributed by atoms with Crippen molar-refractivity contribution in [3.8, 4) is 0 Å². The number of nitrogens with zero attached hydrogens (tertiary/aromatic N) is 2. The standard InChI is InChI=1S/C15H15Br3N4/c1-22(12-5-2-10(16)3-6-12)15(19)21-9-20-14-7-4-11(17)8-13(14)18/h2-8,20H,9H2,1H3,(H2,19,21). The van der Waals surface area contributed by atoms with Gasteiger partial charge in [0.25, 0.3) is 0 Å². The summed E-state index contributed by atoms with van der Waals surface area (Å²) in [5, 5.41) is 3.22. The summed E-state index contributed by atoms with van der Waals surface area (Å²) in [5.74, 6) is 0.447. The van der Waals surface area contributed by atoms with Crippen molar-refractivity contribution < 1.29 is 0 Å². The van der Waals surface area contributed by atoms with Crippen LogP contribution in [0.25, 0.3) is 0 Å². The molecule has 0 radical (unpaired) electrons. The summed E-state index contributed by atoms with van der Waals surface area (Å²) >= 11 is 10.3. The van der Waals surface area contributed by atoms with E-state index in [1.807, 2.05) is 54.4 Å². The minimum atomic E-state index is 0.396. The van der Waals surface area contributed by atoms with Crippen LogP contribution < -0.4 is 16.0 Å². The van der Waals surface area contributed by atoms with Gasteiger partial charge in [0.1, 0.15) is 6.67 Å². The summed E-state index contributed by atoms with van der Waals surface area (Å²) in [6.07, 6.45) is 0. The first-order chi connectivity index (χ1) is 10.5. The molecule has 22 heavy (non-hydrogen) atoms. The van der Waals surface area contributed by atoms with E-state index in [0.29, 0.717) is 12.6 Å². The van der Waals surface area contributed by atoms with Crippen molar-refractivity contribution in [3.05, 3.63) is 55.9 Å². The van der Waals surface area contributed by atoms with Crippen molar-refractivity contribution in [2.45, 2.75) is 0 Å². The van der Waals surface area contributed by atoms with E-state index in [-0.39, 0.29) is 0 Å². The molecule has 0 saturated carbocycles. The number of nitrogens with two attached hydrogens (primary N) is 1. The molecule has 3 N–H and O–H groups in total. The SMILES string of the molecule is CN(C(N)=NCNc1ccc(Br)cc1Br)c1ccc(Br)cc1. The Morgan fingerprint density at radius 3 is 2.36 bits per heavy atom. The summed E-state index contributed by atoms with van der Waals surface area (Å²) in [6.45, 7) is 0.396. The minimum Gasteiger partial charge on any atom is -0.369 e. The molecule has 2 rings (SSSR count). The molecule has 0 bridgehead atoms. The van der Waals surface area contributed by atoms with Gasteiger partial charge in [-0.25, -0.2) is 4.99 Å². The topological polar surface area (TPSA) is 53.6 Å². The van der Waals surface area contributed by atoms with E-state index in [2.05, 4.69) is 58.1 Å². The Morgan fingerprint density at radius 2 is 1.73 bits per heavy atom. The van der Waals surface area contributed by atoms with E-state index >= 15 is 0 Å². The molecule has 0 amide bonds. The first-order valence-corrected chi connectivity index (χ1v) is 8.83. The summed E-state index contributed by atoms with van der Waals surface area (Å²) in [4.78, 5) is 6.18. The molecule has 2 aromatic rings. The van der Waals surface area contributed by atoms with Crippen molar-refractivity contribution in [1.82, 2.24) is 0 Å². The normalized spacial score (nSPS) is 11.4. The fourth-order valence-electron chi connectivity index (χ4n) is 1.74. The number of guanidine groups is 1. The van der Waals surface area contributed by atoms with Crippen LogP contribution in [0.15, 0.2) is 60.9 Å². The quantitative estimate of drug-likeness (QED) is 0.478. The smallest absolute Gasteiger partial charge is 0.197 e. The third kappa shape index (κ3) is 4.72. The molecule has 0 heterocycles. The highest BCUT2D eigenvalue weighted by atomic mass is 79.9. The molecular formula is C15H15Br3N4. The van der Waals surface area contributed by atoms with Crippen LogP contribution in [0.3, 0.4) is 0 Å². The van der Waals surface area contributed by atoms with Gasteiger partial charge >= 0.3 is 0 Å². The molecule has 0 saturated heterocycles. The molecule has 2 aromatic carbocycles. The van der Waals surface area contributed by atoms with Gasteiger partial charge in [-0.15, -0.1) is 0 Å².